The van der Waals surface area contributed by atoms with Gasteiger partial charge in [0, 0.05) is 13.5 Å². The van der Waals surface area contributed by atoms with E-state index in [0.717, 1.165) is 16.9 Å². The third-order valence-corrected chi connectivity index (χ3v) is 4.85. The molecule has 6 heteroatoms. The number of carbonyl (C=O) groups excluding carboxylic acids is 2. The average molecular weight is 418 g/mol. The zero-order valence-corrected chi connectivity index (χ0v) is 17.4. The van der Waals surface area contributed by atoms with Crippen molar-refractivity contribution in [2.45, 2.75) is 25.2 Å². The summed E-state index contributed by atoms with van der Waals surface area (Å²) >= 11 is 0. The van der Waals surface area contributed by atoms with E-state index in [1.165, 1.54) is 7.11 Å². The van der Waals surface area contributed by atoms with E-state index in [1.54, 1.807) is 12.1 Å². The highest BCUT2D eigenvalue weighted by molar-refractivity contribution is 5.89. The Morgan fingerprint density at radius 3 is 2.06 bits per heavy atom. The summed E-state index contributed by atoms with van der Waals surface area (Å²) in [6.45, 7) is 0.470. The topological polar surface area (TPSA) is 90.7 Å². The van der Waals surface area contributed by atoms with E-state index < -0.39 is 24.0 Å². The molecule has 3 N–H and O–H groups in total. The van der Waals surface area contributed by atoms with Gasteiger partial charge in [-0.25, -0.2) is 0 Å². The number of methoxy groups -OCH3 is 1. The van der Waals surface area contributed by atoms with Crippen LogP contribution in [0.5, 0.6) is 5.75 Å². The number of hydrogen-bond acceptors (Lipinski definition) is 4. The van der Waals surface area contributed by atoms with E-state index in [1.807, 2.05) is 72.8 Å². The Kier molecular flexibility index (Phi) is 7.79. The second-order valence-corrected chi connectivity index (χ2v) is 7.11. The highest BCUT2D eigenvalue weighted by Gasteiger charge is 2.25. The Morgan fingerprint density at radius 1 is 0.871 bits per heavy atom. The molecular formula is C25H26N2O4. The maximum atomic E-state index is 12.7. The second-order valence-electron chi connectivity index (χ2n) is 7.11. The summed E-state index contributed by atoms with van der Waals surface area (Å²) < 4.78 is 11.1. The summed E-state index contributed by atoms with van der Waals surface area (Å²) in [7, 11) is 1.45. The van der Waals surface area contributed by atoms with Gasteiger partial charge in [0.05, 0.1) is 0 Å². The lowest BCUT2D eigenvalue weighted by Gasteiger charge is -2.20. The maximum Gasteiger partial charge on any atom is 0.254 e. The molecule has 0 bridgehead atoms. The number of amides is 2. The summed E-state index contributed by atoms with van der Waals surface area (Å²) in [5, 5.41) is 2.71. The van der Waals surface area contributed by atoms with Crippen LogP contribution in [0.4, 0.5) is 0 Å². The molecular weight excluding hydrogens is 392 g/mol. The normalized spacial score (nSPS) is 12.5. The lowest BCUT2D eigenvalue weighted by Crippen LogP contribution is -2.47. The number of ether oxygens (including phenoxy) is 2. The smallest absolute Gasteiger partial charge is 0.254 e. The Hall–Kier alpha value is -3.64. The van der Waals surface area contributed by atoms with Crippen LogP contribution in [0.2, 0.25) is 0 Å². The maximum absolute atomic E-state index is 12.7. The highest BCUT2D eigenvalue weighted by atomic mass is 16.5. The first-order valence-electron chi connectivity index (χ1n) is 10.00. The van der Waals surface area contributed by atoms with E-state index >= 15 is 0 Å². The van der Waals surface area contributed by atoms with Gasteiger partial charge < -0.3 is 20.5 Å². The first-order valence-corrected chi connectivity index (χ1v) is 10.00. The van der Waals surface area contributed by atoms with E-state index in [0.29, 0.717) is 12.2 Å². The molecule has 3 rings (SSSR count). The molecule has 6 nitrogen and oxygen atoms in total. The third kappa shape index (κ3) is 6.42. The largest absolute Gasteiger partial charge is 0.489 e. The van der Waals surface area contributed by atoms with Crippen LogP contribution >= 0.6 is 0 Å². The summed E-state index contributed by atoms with van der Waals surface area (Å²) in [6.07, 6.45) is -0.553. The van der Waals surface area contributed by atoms with E-state index in [2.05, 4.69) is 5.32 Å². The van der Waals surface area contributed by atoms with Crippen LogP contribution in [-0.2, 0) is 27.4 Å². The van der Waals surface area contributed by atoms with Gasteiger partial charge in [0.2, 0.25) is 5.91 Å². The quantitative estimate of drug-likeness (QED) is 0.529. The number of hydrogen-bond donors (Lipinski definition) is 2. The SMILES string of the molecule is CO[C@@H](C(=O)N[C@@H](Cc1ccc(OCc2ccccc2)cc1)C(N)=O)c1ccccc1. The number of carbonyl (C=O) groups is 2. The lowest BCUT2D eigenvalue weighted by atomic mass is 10.0. The van der Waals surface area contributed by atoms with Crippen molar-refractivity contribution in [2.24, 2.45) is 5.73 Å². The molecule has 2 amide bonds. The Balaban J connectivity index is 1.60. The van der Waals surface area contributed by atoms with Gasteiger partial charge in [0.15, 0.2) is 6.10 Å². The fraction of sp³-hybridized carbons (Fsp3) is 0.200. The van der Waals surface area contributed by atoms with E-state index in [-0.39, 0.29) is 6.42 Å². The van der Waals surface area contributed by atoms with Crippen molar-refractivity contribution in [2.75, 3.05) is 7.11 Å². The van der Waals surface area contributed by atoms with Crippen molar-refractivity contribution in [3.63, 3.8) is 0 Å². The highest BCUT2D eigenvalue weighted by Crippen LogP contribution is 2.18. The van der Waals surface area contributed by atoms with Gasteiger partial charge in [0.25, 0.3) is 5.91 Å². The molecule has 0 spiro atoms. The van der Waals surface area contributed by atoms with Crippen LogP contribution < -0.4 is 15.8 Å². The minimum absolute atomic E-state index is 0.269. The van der Waals surface area contributed by atoms with Crippen LogP contribution in [0.1, 0.15) is 22.8 Å². The van der Waals surface area contributed by atoms with Crippen LogP contribution in [0.25, 0.3) is 0 Å². The summed E-state index contributed by atoms with van der Waals surface area (Å²) in [5.41, 5.74) is 8.17. The van der Waals surface area contributed by atoms with Crippen LogP contribution in [-0.4, -0.2) is 25.0 Å². The fourth-order valence-electron chi connectivity index (χ4n) is 3.19. The van der Waals surface area contributed by atoms with Crippen LogP contribution in [0.15, 0.2) is 84.9 Å². The molecule has 0 saturated carbocycles. The summed E-state index contributed by atoms with van der Waals surface area (Å²) in [4.78, 5) is 24.6. The predicted molar refractivity (Wildman–Crippen MR) is 118 cm³/mol. The second kappa shape index (κ2) is 10.9. The van der Waals surface area contributed by atoms with Crippen LogP contribution in [0.3, 0.4) is 0 Å². The summed E-state index contributed by atoms with van der Waals surface area (Å²) in [5.74, 6) is -0.309. The predicted octanol–water partition coefficient (Wildman–Crippen LogP) is 3.17. The van der Waals surface area contributed by atoms with Crippen molar-refractivity contribution >= 4 is 11.8 Å². The molecule has 0 heterocycles. The monoisotopic (exact) mass is 418 g/mol. The van der Waals surface area contributed by atoms with Crippen molar-refractivity contribution in [3.05, 3.63) is 102 Å². The molecule has 0 aliphatic heterocycles. The van der Waals surface area contributed by atoms with Crippen molar-refractivity contribution in [1.82, 2.24) is 5.32 Å². The van der Waals surface area contributed by atoms with Gasteiger partial charge in [-0.2, -0.15) is 0 Å². The van der Waals surface area contributed by atoms with Gasteiger partial charge in [0.1, 0.15) is 18.4 Å². The number of primary amides is 1. The molecule has 0 aromatic heterocycles. The lowest BCUT2D eigenvalue weighted by molar-refractivity contribution is -0.134. The Labute approximate surface area is 182 Å². The Morgan fingerprint density at radius 2 is 1.48 bits per heavy atom. The van der Waals surface area contributed by atoms with Crippen molar-refractivity contribution < 1.29 is 19.1 Å². The van der Waals surface area contributed by atoms with Gasteiger partial charge in [-0.1, -0.05) is 72.8 Å². The minimum atomic E-state index is -0.857. The fourth-order valence-corrected chi connectivity index (χ4v) is 3.19. The number of benzene rings is 3. The molecule has 3 aromatic rings. The number of rotatable bonds is 10. The first kappa shape index (κ1) is 22.1. The molecule has 0 fully saturated rings. The zero-order chi connectivity index (χ0) is 22.1. The average Bonchev–Trinajstić information content (AvgIpc) is 2.80. The van der Waals surface area contributed by atoms with E-state index in [9.17, 15) is 9.59 Å². The van der Waals surface area contributed by atoms with Gasteiger partial charge in [-0.15, -0.1) is 0 Å². The molecule has 160 valence electrons. The zero-order valence-electron chi connectivity index (χ0n) is 17.4. The molecule has 2 atom stereocenters. The molecule has 3 aromatic carbocycles. The van der Waals surface area contributed by atoms with Gasteiger partial charge in [-0.05, 0) is 28.8 Å². The van der Waals surface area contributed by atoms with Crippen molar-refractivity contribution in [1.29, 1.82) is 0 Å². The third-order valence-electron chi connectivity index (χ3n) is 4.85. The molecule has 0 aliphatic carbocycles. The standard InChI is InChI=1S/C25H26N2O4/c1-30-23(20-10-6-3-7-11-20)25(29)27-22(24(26)28)16-18-12-14-21(15-13-18)31-17-19-8-4-2-5-9-19/h2-15,22-23H,16-17H2,1H3,(H2,26,28)(H,27,29)/t22-,23+/m0/s1. The number of nitrogens with one attached hydrogen (secondary N) is 1. The molecule has 0 aliphatic rings. The van der Waals surface area contributed by atoms with Crippen LogP contribution in [0, 0.1) is 0 Å². The number of nitrogens with two attached hydrogens (primary N) is 1. The minimum Gasteiger partial charge on any atom is -0.489 e. The summed E-state index contributed by atoms with van der Waals surface area (Å²) in [6, 6.07) is 25.5. The Bertz CT molecular complexity index is 975. The van der Waals surface area contributed by atoms with Crippen molar-refractivity contribution in [3.8, 4) is 5.75 Å². The molecule has 0 radical (unpaired) electrons. The molecule has 0 unspecified atom stereocenters. The molecule has 0 saturated heterocycles. The van der Waals surface area contributed by atoms with E-state index in [4.69, 9.17) is 15.2 Å². The molecule has 31 heavy (non-hydrogen) atoms. The first-order chi connectivity index (χ1) is 15.1. The van der Waals surface area contributed by atoms with Gasteiger partial charge >= 0.3 is 0 Å². The van der Waals surface area contributed by atoms with Gasteiger partial charge in [-0.3, -0.25) is 9.59 Å².